The molecule has 2 aromatic carbocycles. The maximum atomic E-state index is 3.82. The highest BCUT2D eigenvalue weighted by molar-refractivity contribution is 7.99. The monoisotopic (exact) mass is 326 g/mol. The van der Waals surface area contributed by atoms with Gasteiger partial charge < -0.3 is 10.2 Å². The van der Waals surface area contributed by atoms with Crippen molar-refractivity contribution in [3.8, 4) is 0 Å². The fraction of sp³-hybridized carbons (Fsp3) is 0.400. The van der Waals surface area contributed by atoms with Gasteiger partial charge in [0, 0.05) is 42.0 Å². The quantitative estimate of drug-likeness (QED) is 0.865. The van der Waals surface area contributed by atoms with Crippen LogP contribution in [0.15, 0.2) is 59.5 Å². The molecule has 122 valence electrons. The maximum Gasteiger partial charge on any atom is 0.0383 e. The van der Waals surface area contributed by atoms with Gasteiger partial charge >= 0.3 is 0 Å². The van der Waals surface area contributed by atoms with Crippen molar-refractivity contribution in [3.05, 3.63) is 60.2 Å². The summed E-state index contributed by atoms with van der Waals surface area (Å²) in [5.41, 5.74) is 2.74. The molecular formula is C20H26N2S. The van der Waals surface area contributed by atoms with Gasteiger partial charge in [-0.05, 0) is 36.6 Å². The summed E-state index contributed by atoms with van der Waals surface area (Å²) in [5.74, 6) is 1.85. The van der Waals surface area contributed by atoms with Gasteiger partial charge in [-0.1, -0.05) is 43.3 Å². The summed E-state index contributed by atoms with van der Waals surface area (Å²) in [5, 5.41) is 3.82. The third-order valence-corrected chi connectivity index (χ3v) is 6.16. The predicted octanol–water partition coefficient (Wildman–Crippen LogP) is 4.58. The van der Waals surface area contributed by atoms with Crippen molar-refractivity contribution in [2.75, 3.05) is 24.2 Å². The number of likely N-dealkylation sites (N-methyl/N-ethyl adjacent to an activating group) is 1. The second kappa shape index (κ2) is 7.41. The van der Waals surface area contributed by atoms with Crippen LogP contribution in [0.5, 0.6) is 0 Å². The van der Waals surface area contributed by atoms with Crippen molar-refractivity contribution in [1.82, 2.24) is 5.32 Å². The van der Waals surface area contributed by atoms with Crippen LogP contribution in [0.3, 0.4) is 0 Å². The van der Waals surface area contributed by atoms with Gasteiger partial charge in [-0.25, -0.2) is 0 Å². The molecule has 2 nitrogen and oxygen atoms in total. The van der Waals surface area contributed by atoms with Gasteiger partial charge in [-0.3, -0.25) is 0 Å². The molecule has 0 radical (unpaired) electrons. The molecule has 1 N–H and O–H groups in total. The lowest BCUT2D eigenvalue weighted by molar-refractivity contribution is 0.394. The topological polar surface area (TPSA) is 15.3 Å². The summed E-state index contributed by atoms with van der Waals surface area (Å²) in [6.07, 6.45) is 0. The molecule has 3 rings (SSSR count). The second-order valence-electron chi connectivity index (χ2n) is 6.51. The minimum atomic E-state index is 0.450. The molecule has 0 bridgehead atoms. The zero-order chi connectivity index (χ0) is 16.2. The second-order valence-corrected chi connectivity index (χ2v) is 7.57. The standard InChI is InChI=1S/C20H26N2S/c1-15-14-23-19-12-8-7-11-18(19)20(15)21-13-16(2)22(3)17-9-5-4-6-10-17/h4-12,15-16,20-21H,13-14H2,1-3H3. The highest BCUT2D eigenvalue weighted by Crippen LogP contribution is 2.39. The molecule has 23 heavy (non-hydrogen) atoms. The number of nitrogens with zero attached hydrogens (tertiary/aromatic N) is 1. The zero-order valence-electron chi connectivity index (χ0n) is 14.2. The van der Waals surface area contributed by atoms with Gasteiger partial charge in [0.05, 0.1) is 0 Å². The van der Waals surface area contributed by atoms with Gasteiger partial charge in [-0.15, -0.1) is 11.8 Å². The van der Waals surface area contributed by atoms with Gasteiger partial charge in [0.15, 0.2) is 0 Å². The molecule has 0 fully saturated rings. The first-order valence-electron chi connectivity index (χ1n) is 8.40. The summed E-state index contributed by atoms with van der Waals surface area (Å²) >= 11 is 1.99. The number of para-hydroxylation sites is 1. The molecule has 3 atom stereocenters. The lowest BCUT2D eigenvalue weighted by atomic mass is 9.95. The summed E-state index contributed by atoms with van der Waals surface area (Å²) in [7, 11) is 2.18. The van der Waals surface area contributed by atoms with E-state index in [4.69, 9.17) is 0 Å². The molecule has 2 aromatic rings. The molecule has 0 aliphatic carbocycles. The van der Waals surface area contributed by atoms with Crippen molar-refractivity contribution < 1.29 is 0 Å². The van der Waals surface area contributed by atoms with Crippen molar-refractivity contribution in [2.45, 2.75) is 30.8 Å². The Bertz CT molecular complexity index is 629. The van der Waals surface area contributed by atoms with Crippen molar-refractivity contribution in [2.24, 2.45) is 5.92 Å². The lowest BCUT2D eigenvalue weighted by Gasteiger charge is -2.34. The fourth-order valence-electron chi connectivity index (χ4n) is 3.16. The molecule has 3 heteroatoms. The van der Waals surface area contributed by atoms with Crippen LogP contribution in [-0.2, 0) is 0 Å². The van der Waals surface area contributed by atoms with Crippen LogP contribution in [-0.4, -0.2) is 25.4 Å². The van der Waals surface area contributed by atoms with Crippen LogP contribution >= 0.6 is 11.8 Å². The minimum Gasteiger partial charge on any atom is -0.371 e. The first-order valence-corrected chi connectivity index (χ1v) is 9.38. The van der Waals surface area contributed by atoms with E-state index in [0.29, 0.717) is 18.0 Å². The van der Waals surface area contributed by atoms with E-state index in [-0.39, 0.29) is 0 Å². The van der Waals surface area contributed by atoms with Crippen molar-refractivity contribution in [1.29, 1.82) is 0 Å². The van der Waals surface area contributed by atoms with E-state index < -0.39 is 0 Å². The number of anilines is 1. The number of rotatable bonds is 5. The Labute approximate surface area is 144 Å². The van der Waals surface area contributed by atoms with E-state index in [9.17, 15) is 0 Å². The maximum absolute atomic E-state index is 3.82. The minimum absolute atomic E-state index is 0.450. The van der Waals surface area contributed by atoms with Gasteiger partial charge in [0.2, 0.25) is 0 Å². The fourth-order valence-corrected chi connectivity index (χ4v) is 4.33. The van der Waals surface area contributed by atoms with E-state index in [1.807, 2.05) is 11.8 Å². The van der Waals surface area contributed by atoms with Crippen LogP contribution in [0.1, 0.15) is 25.5 Å². The largest absolute Gasteiger partial charge is 0.371 e. The Morgan fingerprint density at radius 2 is 1.83 bits per heavy atom. The molecule has 3 unspecified atom stereocenters. The summed E-state index contributed by atoms with van der Waals surface area (Å²) < 4.78 is 0. The molecule has 0 saturated heterocycles. The number of benzene rings is 2. The van der Waals surface area contributed by atoms with Crippen molar-refractivity contribution in [3.63, 3.8) is 0 Å². The van der Waals surface area contributed by atoms with E-state index in [1.165, 1.54) is 21.9 Å². The third-order valence-electron chi connectivity index (χ3n) is 4.78. The number of nitrogens with one attached hydrogen (secondary N) is 1. The number of hydrogen-bond donors (Lipinski definition) is 1. The van der Waals surface area contributed by atoms with E-state index >= 15 is 0 Å². The van der Waals surface area contributed by atoms with Crippen LogP contribution in [0.25, 0.3) is 0 Å². The molecule has 1 heterocycles. The normalized spacial score (nSPS) is 21.5. The molecule has 0 amide bonds. The smallest absolute Gasteiger partial charge is 0.0383 e. The highest BCUT2D eigenvalue weighted by Gasteiger charge is 2.27. The van der Waals surface area contributed by atoms with Crippen LogP contribution in [0, 0.1) is 5.92 Å². The van der Waals surface area contributed by atoms with Gasteiger partial charge in [0.1, 0.15) is 0 Å². The third kappa shape index (κ3) is 3.73. The Morgan fingerprint density at radius 1 is 1.13 bits per heavy atom. The molecule has 1 aliphatic rings. The number of thioether (sulfide) groups is 1. The lowest BCUT2D eigenvalue weighted by Crippen LogP contribution is -2.41. The first kappa shape index (κ1) is 16.4. The summed E-state index contributed by atoms with van der Waals surface area (Å²) in [6.45, 7) is 5.62. The highest BCUT2D eigenvalue weighted by atomic mass is 32.2. The van der Waals surface area contributed by atoms with E-state index in [1.54, 1.807) is 0 Å². The molecule has 0 aromatic heterocycles. The SMILES string of the molecule is CC1CSc2ccccc2C1NCC(C)N(C)c1ccccc1. The number of hydrogen-bond acceptors (Lipinski definition) is 3. The predicted molar refractivity (Wildman–Crippen MR) is 101 cm³/mol. The zero-order valence-corrected chi connectivity index (χ0v) is 15.0. The van der Waals surface area contributed by atoms with E-state index in [0.717, 1.165) is 6.54 Å². The average molecular weight is 327 g/mol. The van der Waals surface area contributed by atoms with Gasteiger partial charge in [0.25, 0.3) is 0 Å². The first-order chi connectivity index (χ1) is 11.2. The Hall–Kier alpha value is -1.45. The Morgan fingerprint density at radius 3 is 2.61 bits per heavy atom. The summed E-state index contributed by atoms with van der Waals surface area (Å²) in [4.78, 5) is 3.79. The molecule has 1 aliphatic heterocycles. The average Bonchev–Trinajstić information content (AvgIpc) is 2.60. The number of fused-ring (bicyclic) bond motifs is 1. The van der Waals surface area contributed by atoms with Crippen LogP contribution < -0.4 is 10.2 Å². The van der Waals surface area contributed by atoms with E-state index in [2.05, 4.69) is 85.7 Å². The van der Waals surface area contributed by atoms with Crippen LogP contribution in [0.4, 0.5) is 5.69 Å². The summed E-state index contributed by atoms with van der Waals surface area (Å²) in [6, 6.07) is 20.4. The molecule has 0 saturated carbocycles. The Balaban J connectivity index is 1.66. The van der Waals surface area contributed by atoms with Crippen LogP contribution in [0.2, 0.25) is 0 Å². The van der Waals surface area contributed by atoms with Crippen molar-refractivity contribution >= 4 is 17.4 Å². The molecular weight excluding hydrogens is 300 g/mol. The Kier molecular flexibility index (Phi) is 5.29. The van der Waals surface area contributed by atoms with Gasteiger partial charge in [-0.2, -0.15) is 0 Å². The molecule has 0 spiro atoms.